The summed E-state index contributed by atoms with van der Waals surface area (Å²) in [4.78, 5) is 15.7. The number of rotatable bonds is 7. The van der Waals surface area contributed by atoms with Gasteiger partial charge in [-0.15, -0.1) is 13.2 Å². The molecule has 0 bridgehead atoms. The average Bonchev–Trinajstić information content (AvgIpc) is 3.15. The van der Waals surface area contributed by atoms with Gasteiger partial charge < -0.3 is 25.7 Å². The molecule has 0 radical (unpaired) electrons. The number of para-hydroxylation sites is 1. The van der Waals surface area contributed by atoms with Crippen molar-refractivity contribution in [3.63, 3.8) is 0 Å². The second-order valence-electron chi connectivity index (χ2n) is 6.66. The number of alkyl halides is 3. The summed E-state index contributed by atoms with van der Waals surface area (Å²) >= 11 is 5.27. The summed E-state index contributed by atoms with van der Waals surface area (Å²) in [7, 11) is 0. The Balaban J connectivity index is 1.69. The van der Waals surface area contributed by atoms with Gasteiger partial charge in [-0.1, -0.05) is 18.2 Å². The van der Waals surface area contributed by atoms with Crippen LogP contribution in [0.25, 0.3) is 10.9 Å². The minimum absolute atomic E-state index is 0.0893. The number of hydrogen-bond acceptors (Lipinski definition) is 4. The molecule has 2 aromatic carbocycles. The van der Waals surface area contributed by atoms with Gasteiger partial charge in [0.05, 0.1) is 6.07 Å². The number of carbonyl (C=O) groups excluding carboxylic acids is 1. The van der Waals surface area contributed by atoms with E-state index in [9.17, 15) is 18.0 Å². The van der Waals surface area contributed by atoms with E-state index in [0.717, 1.165) is 28.6 Å². The maximum atomic E-state index is 12.6. The number of carbonyl (C=O) groups is 1. The highest BCUT2D eigenvalue weighted by atomic mass is 32.1. The molecule has 4 N–H and O–H groups in total. The summed E-state index contributed by atoms with van der Waals surface area (Å²) in [6.45, 7) is -0.161. The van der Waals surface area contributed by atoms with Gasteiger partial charge >= 0.3 is 6.36 Å². The first-order valence-electron chi connectivity index (χ1n) is 9.38. The Morgan fingerprint density at radius 3 is 2.59 bits per heavy atom. The van der Waals surface area contributed by atoms with Crippen LogP contribution in [0, 0.1) is 11.3 Å². The molecule has 0 saturated carbocycles. The number of nitrogens with one attached hydrogen (secondary N) is 4. The second-order valence-corrected chi connectivity index (χ2v) is 7.07. The third kappa shape index (κ3) is 6.36. The van der Waals surface area contributed by atoms with E-state index < -0.39 is 18.3 Å². The Bertz CT molecular complexity index is 1140. The molecule has 0 fully saturated rings. The van der Waals surface area contributed by atoms with Gasteiger partial charge in [-0.25, -0.2) is 0 Å². The Morgan fingerprint density at radius 1 is 1.19 bits per heavy atom. The zero-order chi connectivity index (χ0) is 23.1. The van der Waals surface area contributed by atoms with Gasteiger partial charge in [0.2, 0.25) is 5.91 Å². The molecule has 0 aliphatic rings. The fourth-order valence-corrected chi connectivity index (χ4v) is 3.31. The fraction of sp³-hybridized carbons (Fsp3) is 0.190. The summed E-state index contributed by atoms with van der Waals surface area (Å²) in [5.74, 6) is -0.787. The van der Waals surface area contributed by atoms with Crippen molar-refractivity contribution in [2.45, 2.75) is 18.8 Å². The monoisotopic (exact) mass is 461 g/mol. The van der Waals surface area contributed by atoms with Gasteiger partial charge in [-0.3, -0.25) is 4.79 Å². The number of aromatic amines is 1. The number of fused-ring (bicyclic) bond motifs is 1. The van der Waals surface area contributed by atoms with Crippen LogP contribution in [0.15, 0.2) is 54.7 Å². The van der Waals surface area contributed by atoms with Gasteiger partial charge in [0, 0.05) is 29.2 Å². The standard InChI is InChI=1S/C21H18F3N5O2S/c22-21(23,24)31-15-7-5-14(6-8-15)28-20(32)29-18(19(30)26-10-9-25)11-13-12-27-17-4-2-1-3-16(13)17/h1-8,12,18,27H,10-11H2,(H,26,30)(H2,28,29,32). The number of thiocarbonyl (C=S) groups is 1. The quantitative estimate of drug-likeness (QED) is 0.317. The van der Waals surface area contributed by atoms with Crippen LogP contribution in [0.4, 0.5) is 18.9 Å². The second kappa shape index (κ2) is 10.0. The Hall–Kier alpha value is -3.78. The molecule has 3 aromatic rings. The predicted octanol–water partition coefficient (Wildman–Crippen LogP) is 3.60. The summed E-state index contributed by atoms with van der Waals surface area (Å²) < 4.78 is 40.7. The normalized spacial score (nSPS) is 11.9. The number of aromatic nitrogens is 1. The number of amides is 1. The van der Waals surface area contributed by atoms with Crippen LogP contribution in [0.3, 0.4) is 0 Å². The largest absolute Gasteiger partial charge is 0.573 e. The maximum Gasteiger partial charge on any atom is 0.573 e. The zero-order valence-electron chi connectivity index (χ0n) is 16.5. The van der Waals surface area contributed by atoms with Crippen molar-refractivity contribution < 1.29 is 22.7 Å². The van der Waals surface area contributed by atoms with Crippen molar-refractivity contribution in [2.75, 3.05) is 11.9 Å². The summed E-state index contributed by atoms with van der Waals surface area (Å²) in [6.07, 6.45) is -2.70. The lowest BCUT2D eigenvalue weighted by molar-refractivity contribution is -0.274. The van der Waals surface area contributed by atoms with Crippen LogP contribution in [0.5, 0.6) is 5.75 Å². The molecule has 166 valence electrons. The number of ether oxygens (including phenoxy) is 1. The molecule has 3 rings (SSSR count). The summed E-state index contributed by atoms with van der Waals surface area (Å²) in [5, 5.41) is 18.0. The number of H-pyrrole nitrogens is 1. The van der Waals surface area contributed by atoms with Crippen LogP contribution in [0.1, 0.15) is 5.56 Å². The minimum Gasteiger partial charge on any atom is -0.406 e. The van der Waals surface area contributed by atoms with Gasteiger partial charge in [0.25, 0.3) is 0 Å². The number of benzene rings is 2. The fourth-order valence-electron chi connectivity index (χ4n) is 3.04. The Kier molecular flexibility index (Phi) is 7.17. The van der Waals surface area contributed by atoms with E-state index >= 15 is 0 Å². The van der Waals surface area contributed by atoms with Crippen LogP contribution in [0.2, 0.25) is 0 Å². The molecular formula is C21H18F3N5O2S. The van der Waals surface area contributed by atoms with Gasteiger partial charge in [-0.05, 0) is 48.1 Å². The molecule has 1 amide bonds. The first kappa shape index (κ1) is 22.9. The van der Waals surface area contributed by atoms with Crippen LogP contribution in [-0.2, 0) is 11.2 Å². The highest BCUT2D eigenvalue weighted by molar-refractivity contribution is 7.80. The molecule has 32 heavy (non-hydrogen) atoms. The molecule has 1 unspecified atom stereocenters. The first-order chi connectivity index (χ1) is 15.2. The summed E-state index contributed by atoms with van der Waals surface area (Å²) in [5.41, 5.74) is 2.20. The highest BCUT2D eigenvalue weighted by Gasteiger charge is 2.31. The SMILES string of the molecule is N#CCNC(=O)C(Cc1c[nH]c2ccccc12)NC(=S)Nc1ccc(OC(F)(F)F)cc1. The van der Waals surface area contributed by atoms with E-state index in [2.05, 4.69) is 25.7 Å². The van der Waals surface area contributed by atoms with Gasteiger partial charge in [0.1, 0.15) is 18.3 Å². The highest BCUT2D eigenvalue weighted by Crippen LogP contribution is 2.24. The molecule has 7 nitrogen and oxygen atoms in total. The third-order valence-corrected chi connectivity index (χ3v) is 4.63. The number of nitrogens with zero attached hydrogens (tertiary/aromatic N) is 1. The van der Waals surface area contributed by atoms with E-state index in [4.69, 9.17) is 17.5 Å². The van der Waals surface area contributed by atoms with E-state index in [1.54, 1.807) is 6.20 Å². The van der Waals surface area contributed by atoms with Gasteiger partial charge in [-0.2, -0.15) is 5.26 Å². The topological polar surface area (TPSA) is 102 Å². The minimum atomic E-state index is -4.78. The van der Waals surface area contributed by atoms with E-state index in [-0.39, 0.29) is 23.8 Å². The number of anilines is 1. The number of halogens is 3. The van der Waals surface area contributed by atoms with Crippen LogP contribution in [-0.4, -0.2) is 35.0 Å². The first-order valence-corrected chi connectivity index (χ1v) is 9.79. The van der Waals surface area contributed by atoms with Crippen molar-refractivity contribution in [2.24, 2.45) is 0 Å². The van der Waals surface area contributed by atoms with Crippen molar-refractivity contribution in [1.29, 1.82) is 5.26 Å². The molecule has 1 atom stereocenters. The number of hydrogen-bond donors (Lipinski definition) is 4. The average molecular weight is 461 g/mol. The molecule has 0 aliphatic heterocycles. The van der Waals surface area contributed by atoms with E-state index in [1.165, 1.54) is 12.1 Å². The zero-order valence-corrected chi connectivity index (χ0v) is 17.3. The summed E-state index contributed by atoms with van der Waals surface area (Å²) in [6, 6.07) is 13.7. The lowest BCUT2D eigenvalue weighted by atomic mass is 10.0. The smallest absolute Gasteiger partial charge is 0.406 e. The lowest BCUT2D eigenvalue weighted by Crippen LogP contribution is -2.49. The predicted molar refractivity (Wildman–Crippen MR) is 117 cm³/mol. The van der Waals surface area contributed by atoms with Crippen molar-refractivity contribution in [3.05, 3.63) is 60.3 Å². The number of nitriles is 1. The third-order valence-electron chi connectivity index (χ3n) is 4.41. The van der Waals surface area contributed by atoms with Crippen molar-refractivity contribution >= 4 is 39.8 Å². The molecule has 1 heterocycles. The Morgan fingerprint density at radius 2 is 1.91 bits per heavy atom. The molecule has 0 aliphatic carbocycles. The molecule has 1 aromatic heterocycles. The van der Waals surface area contributed by atoms with E-state index in [1.807, 2.05) is 30.3 Å². The Labute approximate surface area is 186 Å². The molecular weight excluding hydrogens is 443 g/mol. The molecule has 11 heteroatoms. The molecule has 0 spiro atoms. The molecule has 0 saturated heterocycles. The van der Waals surface area contributed by atoms with Crippen LogP contribution < -0.4 is 20.7 Å². The lowest BCUT2D eigenvalue weighted by Gasteiger charge is -2.20. The maximum absolute atomic E-state index is 12.6. The van der Waals surface area contributed by atoms with Gasteiger partial charge in [0.15, 0.2) is 5.11 Å². The van der Waals surface area contributed by atoms with E-state index in [0.29, 0.717) is 5.69 Å². The van der Waals surface area contributed by atoms with Crippen LogP contribution >= 0.6 is 12.2 Å². The van der Waals surface area contributed by atoms with Crippen molar-refractivity contribution in [3.8, 4) is 11.8 Å². The van der Waals surface area contributed by atoms with Crippen molar-refractivity contribution in [1.82, 2.24) is 15.6 Å².